The maximum absolute atomic E-state index is 12.7. The molecule has 1 fully saturated rings. The summed E-state index contributed by atoms with van der Waals surface area (Å²) in [7, 11) is -1.45. The number of hydrogen-bond acceptors (Lipinski definition) is 4. The summed E-state index contributed by atoms with van der Waals surface area (Å²) < 4.78 is 26.9. The molecule has 5 nitrogen and oxygen atoms in total. The lowest BCUT2D eigenvalue weighted by molar-refractivity contribution is 0.346. The van der Waals surface area contributed by atoms with Crippen LogP contribution in [-0.4, -0.2) is 37.8 Å². The highest BCUT2D eigenvalue weighted by Gasteiger charge is 2.26. The third kappa shape index (κ3) is 4.02. The summed E-state index contributed by atoms with van der Waals surface area (Å²) >= 11 is 0. The van der Waals surface area contributed by atoms with Crippen molar-refractivity contribution in [3.8, 4) is 0 Å². The zero-order chi connectivity index (χ0) is 17.9. The molecule has 1 saturated heterocycles. The summed E-state index contributed by atoms with van der Waals surface area (Å²) in [6, 6.07) is 11.7. The van der Waals surface area contributed by atoms with Gasteiger partial charge in [-0.2, -0.15) is 4.31 Å². The van der Waals surface area contributed by atoms with Crippen LogP contribution in [0.1, 0.15) is 30.4 Å². The second-order valence-corrected chi connectivity index (χ2v) is 8.54. The Kier molecular flexibility index (Phi) is 5.39. The monoisotopic (exact) mass is 359 g/mol. The van der Waals surface area contributed by atoms with Gasteiger partial charge in [-0.3, -0.25) is 0 Å². The lowest BCUT2D eigenvalue weighted by Gasteiger charge is -2.26. The first-order chi connectivity index (χ1) is 12.0. The average Bonchev–Trinajstić information content (AvgIpc) is 2.64. The predicted molar refractivity (Wildman–Crippen MR) is 100 cm³/mol. The molecule has 0 N–H and O–H groups in total. The van der Waals surface area contributed by atoms with Gasteiger partial charge in [0.15, 0.2) is 0 Å². The van der Waals surface area contributed by atoms with E-state index in [2.05, 4.69) is 24.0 Å². The molecule has 0 amide bonds. The van der Waals surface area contributed by atoms with E-state index in [0.29, 0.717) is 13.1 Å². The van der Waals surface area contributed by atoms with Crippen LogP contribution in [0.25, 0.3) is 0 Å². The third-order valence-corrected chi connectivity index (χ3v) is 6.62. The first kappa shape index (κ1) is 17.9. The minimum Gasteiger partial charge on any atom is -0.355 e. The highest BCUT2D eigenvalue weighted by Crippen LogP contribution is 2.22. The summed E-state index contributed by atoms with van der Waals surface area (Å²) in [4.78, 5) is 6.69. The van der Waals surface area contributed by atoms with Crippen LogP contribution in [0, 0.1) is 6.92 Å². The Morgan fingerprint density at radius 2 is 1.80 bits per heavy atom. The number of piperidine rings is 1. The maximum Gasteiger partial charge on any atom is 0.244 e. The first-order valence-corrected chi connectivity index (χ1v) is 10.1. The number of aryl methyl sites for hydroxylation is 1. The number of benzene rings is 1. The molecule has 25 heavy (non-hydrogen) atoms. The second-order valence-electron chi connectivity index (χ2n) is 6.60. The molecule has 0 atom stereocenters. The molecule has 134 valence electrons. The summed E-state index contributed by atoms with van der Waals surface area (Å²) in [6.45, 7) is 4.04. The van der Waals surface area contributed by atoms with Crippen LogP contribution in [0.15, 0.2) is 47.5 Å². The van der Waals surface area contributed by atoms with Crippen molar-refractivity contribution in [1.29, 1.82) is 0 Å². The largest absolute Gasteiger partial charge is 0.355 e. The van der Waals surface area contributed by atoms with Crippen LogP contribution in [-0.2, 0) is 16.6 Å². The van der Waals surface area contributed by atoms with Crippen LogP contribution in [0.4, 0.5) is 5.82 Å². The van der Waals surface area contributed by atoms with E-state index in [-0.39, 0.29) is 4.90 Å². The van der Waals surface area contributed by atoms with E-state index in [4.69, 9.17) is 0 Å². The van der Waals surface area contributed by atoms with Gasteiger partial charge in [0, 0.05) is 32.9 Å². The fourth-order valence-corrected chi connectivity index (χ4v) is 4.59. The quantitative estimate of drug-likeness (QED) is 0.823. The van der Waals surface area contributed by atoms with Crippen molar-refractivity contribution in [2.45, 2.75) is 37.6 Å². The predicted octanol–water partition coefficient (Wildman–Crippen LogP) is 3.20. The number of anilines is 1. The topological polar surface area (TPSA) is 53.5 Å². The molecule has 0 unspecified atom stereocenters. The smallest absolute Gasteiger partial charge is 0.244 e. The summed E-state index contributed by atoms with van der Waals surface area (Å²) in [5.41, 5.74) is 2.47. The Balaban J connectivity index is 1.74. The van der Waals surface area contributed by atoms with Gasteiger partial charge in [0.25, 0.3) is 0 Å². The van der Waals surface area contributed by atoms with Gasteiger partial charge in [-0.15, -0.1) is 0 Å². The van der Waals surface area contributed by atoms with Crippen molar-refractivity contribution in [2.24, 2.45) is 0 Å². The van der Waals surface area contributed by atoms with Crippen molar-refractivity contribution in [1.82, 2.24) is 9.29 Å². The summed E-state index contributed by atoms with van der Waals surface area (Å²) in [6.07, 6.45) is 4.45. The maximum atomic E-state index is 12.7. The number of sulfonamides is 1. The van der Waals surface area contributed by atoms with E-state index >= 15 is 0 Å². The molecule has 0 saturated carbocycles. The summed E-state index contributed by atoms with van der Waals surface area (Å²) in [5.74, 6) is 0.765. The molecule has 1 aromatic carbocycles. The number of rotatable bonds is 5. The van der Waals surface area contributed by atoms with E-state index < -0.39 is 10.0 Å². The van der Waals surface area contributed by atoms with Gasteiger partial charge in [0.2, 0.25) is 10.0 Å². The minimum atomic E-state index is -3.42. The first-order valence-electron chi connectivity index (χ1n) is 8.70. The standard InChI is InChI=1S/C19H25N3O2S/c1-16-8-4-5-9-17(16)15-21(2)19-11-10-18(14-20-19)25(23,24)22-12-6-3-7-13-22/h4-5,8-11,14H,3,6-7,12-13,15H2,1-2H3. The lowest BCUT2D eigenvalue weighted by atomic mass is 10.1. The van der Waals surface area contributed by atoms with E-state index in [9.17, 15) is 8.42 Å². The normalized spacial score (nSPS) is 15.9. The molecular weight excluding hydrogens is 334 g/mol. The number of aromatic nitrogens is 1. The Morgan fingerprint density at radius 1 is 1.08 bits per heavy atom. The number of nitrogens with zero attached hydrogens (tertiary/aromatic N) is 3. The lowest BCUT2D eigenvalue weighted by Crippen LogP contribution is -2.35. The van der Waals surface area contributed by atoms with Crippen molar-refractivity contribution >= 4 is 15.8 Å². The molecule has 2 heterocycles. The van der Waals surface area contributed by atoms with Gasteiger partial charge in [-0.1, -0.05) is 30.7 Å². The Bertz CT molecular complexity index is 813. The zero-order valence-electron chi connectivity index (χ0n) is 14.9. The van der Waals surface area contributed by atoms with Crippen LogP contribution >= 0.6 is 0 Å². The van der Waals surface area contributed by atoms with Crippen molar-refractivity contribution in [3.63, 3.8) is 0 Å². The van der Waals surface area contributed by atoms with E-state index in [0.717, 1.165) is 31.6 Å². The Morgan fingerprint density at radius 3 is 2.44 bits per heavy atom. The SMILES string of the molecule is Cc1ccccc1CN(C)c1ccc(S(=O)(=O)N2CCCCC2)cn1. The van der Waals surface area contributed by atoms with Gasteiger partial charge < -0.3 is 4.90 Å². The highest BCUT2D eigenvalue weighted by molar-refractivity contribution is 7.89. The molecule has 1 aromatic heterocycles. The van der Waals surface area contributed by atoms with E-state index in [1.54, 1.807) is 16.4 Å². The van der Waals surface area contributed by atoms with Gasteiger partial charge in [0.05, 0.1) is 0 Å². The van der Waals surface area contributed by atoms with Crippen LogP contribution < -0.4 is 4.90 Å². The molecule has 0 bridgehead atoms. The second kappa shape index (κ2) is 7.54. The number of hydrogen-bond donors (Lipinski definition) is 0. The van der Waals surface area contributed by atoms with Crippen LogP contribution in [0.2, 0.25) is 0 Å². The average molecular weight is 359 g/mol. The highest BCUT2D eigenvalue weighted by atomic mass is 32.2. The van der Waals surface area contributed by atoms with Crippen molar-refractivity contribution in [2.75, 3.05) is 25.0 Å². The molecule has 1 aliphatic heterocycles. The molecule has 0 spiro atoms. The molecule has 6 heteroatoms. The van der Waals surface area contributed by atoms with Gasteiger partial charge in [-0.25, -0.2) is 13.4 Å². The van der Waals surface area contributed by atoms with Crippen molar-refractivity contribution in [3.05, 3.63) is 53.7 Å². The molecule has 0 aliphatic carbocycles. The molecule has 3 rings (SSSR count). The molecular formula is C19H25N3O2S. The van der Waals surface area contributed by atoms with E-state index in [1.807, 2.05) is 24.1 Å². The minimum absolute atomic E-state index is 0.280. The molecule has 2 aromatic rings. The Labute approximate surface area is 150 Å². The summed E-state index contributed by atoms with van der Waals surface area (Å²) in [5, 5.41) is 0. The van der Waals surface area contributed by atoms with E-state index in [1.165, 1.54) is 17.3 Å². The fraction of sp³-hybridized carbons (Fsp3) is 0.421. The van der Waals surface area contributed by atoms with Gasteiger partial charge in [0.1, 0.15) is 10.7 Å². The van der Waals surface area contributed by atoms with Gasteiger partial charge >= 0.3 is 0 Å². The molecule has 0 radical (unpaired) electrons. The van der Waals surface area contributed by atoms with Crippen molar-refractivity contribution < 1.29 is 8.42 Å². The van der Waals surface area contributed by atoms with Crippen LogP contribution in [0.5, 0.6) is 0 Å². The molecule has 1 aliphatic rings. The third-order valence-electron chi connectivity index (χ3n) is 4.73. The fourth-order valence-electron chi connectivity index (χ4n) is 3.13. The zero-order valence-corrected chi connectivity index (χ0v) is 15.7. The van der Waals surface area contributed by atoms with Crippen LogP contribution in [0.3, 0.4) is 0 Å². The van der Waals surface area contributed by atoms with Gasteiger partial charge in [-0.05, 0) is 43.0 Å². The Hall–Kier alpha value is -1.92. The number of pyridine rings is 1.